The van der Waals surface area contributed by atoms with Crippen molar-refractivity contribution in [1.29, 1.82) is 0 Å². The first-order chi connectivity index (χ1) is 15.4. The van der Waals surface area contributed by atoms with Crippen molar-refractivity contribution < 1.29 is 23.9 Å². The zero-order valence-corrected chi connectivity index (χ0v) is 20.7. The van der Waals surface area contributed by atoms with E-state index in [9.17, 15) is 19.2 Å². The summed E-state index contributed by atoms with van der Waals surface area (Å²) < 4.78 is 5.83. The van der Waals surface area contributed by atoms with Crippen molar-refractivity contribution in [2.45, 2.75) is 65.4 Å². The number of piperidine rings is 1. The quantitative estimate of drug-likeness (QED) is 0.496. The average molecular weight is 473 g/mol. The van der Waals surface area contributed by atoms with E-state index in [0.717, 1.165) is 19.3 Å². The molecular weight excluding hydrogens is 440 g/mol. The van der Waals surface area contributed by atoms with Crippen molar-refractivity contribution in [3.63, 3.8) is 0 Å². The fourth-order valence-electron chi connectivity index (χ4n) is 6.48. The number of fused-ring (bicyclic) bond motifs is 2. The first-order valence-corrected chi connectivity index (χ1v) is 12.7. The van der Waals surface area contributed by atoms with Gasteiger partial charge in [0.25, 0.3) is 11.8 Å². The van der Waals surface area contributed by atoms with Crippen LogP contribution in [-0.4, -0.2) is 65.1 Å². The van der Waals surface area contributed by atoms with Crippen molar-refractivity contribution in [1.82, 2.24) is 9.80 Å². The van der Waals surface area contributed by atoms with E-state index in [0.29, 0.717) is 48.8 Å². The summed E-state index contributed by atoms with van der Waals surface area (Å²) in [4.78, 5) is 55.8. The Morgan fingerprint density at radius 1 is 0.909 bits per heavy atom. The van der Waals surface area contributed by atoms with Gasteiger partial charge in [-0.25, -0.2) is 0 Å². The molecule has 8 heteroatoms. The summed E-state index contributed by atoms with van der Waals surface area (Å²) in [6.45, 7) is 10.1. The summed E-state index contributed by atoms with van der Waals surface area (Å²) in [5, 5.41) is 0. The van der Waals surface area contributed by atoms with Crippen molar-refractivity contribution in [3.8, 4) is 0 Å². The molecule has 178 valence electrons. The van der Waals surface area contributed by atoms with Gasteiger partial charge in [-0.1, -0.05) is 13.8 Å². The van der Waals surface area contributed by atoms with Gasteiger partial charge in [0.05, 0.1) is 15.2 Å². The SMILES string of the molecule is CC(=O)c1ccc(C(=O)N2CCC3(CC2)CCN(C(=O)C24CCC(C)(C(=O)O2)C4(C)C)C3)s1. The number of carbonyl (C=O) groups is 4. The van der Waals surface area contributed by atoms with Crippen LogP contribution in [0.1, 0.15) is 79.1 Å². The minimum atomic E-state index is -1.05. The molecule has 1 aromatic rings. The normalized spacial score (nSPS) is 31.8. The lowest BCUT2D eigenvalue weighted by molar-refractivity contribution is -0.173. The van der Waals surface area contributed by atoms with Crippen LogP contribution in [0.15, 0.2) is 12.1 Å². The van der Waals surface area contributed by atoms with Crippen molar-refractivity contribution >= 4 is 34.9 Å². The third-order valence-corrected chi connectivity index (χ3v) is 10.6. The third kappa shape index (κ3) is 2.98. The summed E-state index contributed by atoms with van der Waals surface area (Å²) >= 11 is 1.26. The second kappa shape index (κ2) is 7.14. The van der Waals surface area contributed by atoms with Gasteiger partial charge in [0, 0.05) is 31.6 Å². The minimum Gasteiger partial charge on any atom is -0.448 e. The van der Waals surface area contributed by atoms with E-state index >= 15 is 0 Å². The number of nitrogens with zero attached hydrogens (tertiary/aromatic N) is 2. The molecule has 4 heterocycles. The molecule has 1 saturated carbocycles. The van der Waals surface area contributed by atoms with Crippen LogP contribution in [0, 0.1) is 16.2 Å². The molecule has 1 spiro atoms. The molecule has 7 nitrogen and oxygen atoms in total. The molecule has 5 rings (SSSR count). The zero-order chi connectivity index (χ0) is 23.8. The van der Waals surface area contributed by atoms with Crippen LogP contribution < -0.4 is 0 Å². The molecular formula is C25H32N2O5S. The first kappa shape index (κ1) is 22.6. The molecule has 2 atom stereocenters. The minimum absolute atomic E-state index is 0.0116. The van der Waals surface area contributed by atoms with Gasteiger partial charge in [-0.2, -0.15) is 0 Å². The Kier molecular flexibility index (Phi) is 4.88. The van der Waals surface area contributed by atoms with E-state index in [1.54, 1.807) is 12.1 Å². The monoisotopic (exact) mass is 472 g/mol. The van der Waals surface area contributed by atoms with E-state index in [4.69, 9.17) is 4.74 Å². The molecule has 1 aromatic heterocycles. The molecule has 3 saturated heterocycles. The van der Waals surface area contributed by atoms with Gasteiger partial charge in [-0.15, -0.1) is 11.3 Å². The van der Waals surface area contributed by atoms with Gasteiger partial charge in [-0.05, 0) is 63.5 Å². The van der Waals surface area contributed by atoms with E-state index in [-0.39, 0.29) is 29.0 Å². The average Bonchev–Trinajstić information content (AvgIpc) is 3.50. The number of ether oxygens (including phenoxy) is 1. The molecule has 2 unspecified atom stereocenters. The largest absolute Gasteiger partial charge is 0.448 e. The Morgan fingerprint density at radius 3 is 2.03 bits per heavy atom. The number of carbonyl (C=O) groups excluding carboxylic acids is 4. The number of rotatable bonds is 3. The van der Waals surface area contributed by atoms with Gasteiger partial charge < -0.3 is 14.5 Å². The van der Waals surface area contributed by atoms with E-state index in [2.05, 4.69) is 0 Å². The number of Topliss-reactive ketones (excluding diaryl/α,β-unsaturated/α-hetero) is 1. The fourth-order valence-corrected chi connectivity index (χ4v) is 7.34. The van der Waals surface area contributed by atoms with Gasteiger partial charge in [0.15, 0.2) is 11.4 Å². The number of hydrogen-bond donors (Lipinski definition) is 0. The van der Waals surface area contributed by atoms with Crippen LogP contribution in [0.3, 0.4) is 0 Å². The summed E-state index contributed by atoms with van der Waals surface area (Å²) in [6, 6.07) is 3.46. The first-order valence-electron chi connectivity index (χ1n) is 11.9. The maximum Gasteiger partial charge on any atom is 0.313 e. The summed E-state index contributed by atoms with van der Waals surface area (Å²) in [5.74, 6) is -0.315. The topological polar surface area (TPSA) is 84.0 Å². The highest BCUT2D eigenvalue weighted by molar-refractivity contribution is 7.15. The molecule has 0 N–H and O–H groups in total. The number of likely N-dealkylation sites (tertiary alicyclic amines) is 2. The van der Waals surface area contributed by atoms with E-state index in [1.165, 1.54) is 18.3 Å². The molecule has 3 aliphatic heterocycles. The summed E-state index contributed by atoms with van der Waals surface area (Å²) in [7, 11) is 0. The van der Waals surface area contributed by atoms with Crippen LogP contribution >= 0.6 is 11.3 Å². The molecule has 0 aromatic carbocycles. The zero-order valence-electron chi connectivity index (χ0n) is 19.9. The third-order valence-electron chi connectivity index (χ3n) is 9.43. The predicted octanol–water partition coefficient (Wildman–Crippen LogP) is 3.53. The molecule has 0 radical (unpaired) electrons. The number of amides is 2. The number of ketones is 1. The van der Waals surface area contributed by atoms with Crippen LogP contribution in [-0.2, 0) is 14.3 Å². The van der Waals surface area contributed by atoms with E-state index < -0.39 is 16.4 Å². The lowest BCUT2D eigenvalue weighted by Crippen LogP contribution is -2.55. The Labute approximate surface area is 198 Å². The number of thiophene rings is 1. The van der Waals surface area contributed by atoms with Crippen LogP contribution in [0.25, 0.3) is 0 Å². The van der Waals surface area contributed by atoms with Gasteiger partial charge in [0.2, 0.25) is 0 Å². The summed E-state index contributed by atoms with van der Waals surface area (Å²) in [5.41, 5.74) is -2.17. The van der Waals surface area contributed by atoms with Crippen molar-refractivity contribution in [2.24, 2.45) is 16.2 Å². The second-order valence-corrected chi connectivity index (χ2v) is 12.2. The summed E-state index contributed by atoms with van der Waals surface area (Å²) in [6.07, 6.45) is 3.89. The molecule has 1 aliphatic carbocycles. The molecule has 33 heavy (non-hydrogen) atoms. The Morgan fingerprint density at radius 2 is 1.52 bits per heavy atom. The van der Waals surface area contributed by atoms with Crippen LogP contribution in [0.4, 0.5) is 0 Å². The molecule has 4 aliphatic rings. The standard InChI is InChI=1S/C25H32N2O5S/c1-16(28)17-5-6-18(33-17)19(29)26-12-9-24(10-13-26)11-14-27(15-24)20(30)25-8-7-23(4,21(31)32-25)22(25,2)3/h5-6H,7-15H2,1-4H3. The highest BCUT2D eigenvalue weighted by atomic mass is 32.1. The Bertz CT molecular complexity index is 1050. The van der Waals surface area contributed by atoms with Gasteiger partial charge >= 0.3 is 5.97 Å². The van der Waals surface area contributed by atoms with Crippen molar-refractivity contribution in [3.05, 3.63) is 21.9 Å². The lowest BCUT2D eigenvalue weighted by Gasteiger charge is -2.41. The fraction of sp³-hybridized carbons (Fsp3) is 0.680. The lowest BCUT2D eigenvalue weighted by atomic mass is 9.66. The molecule has 4 fully saturated rings. The van der Waals surface area contributed by atoms with Gasteiger partial charge in [-0.3, -0.25) is 19.2 Å². The van der Waals surface area contributed by atoms with Crippen molar-refractivity contribution in [2.75, 3.05) is 26.2 Å². The van der Waals surface area contributed by atoms with Gasteiger partial charge in [0.1, 0.15) is 0 Å². The van der Waals surface area contributed by atoms with E-state index in [1.807, 2.05) is 30.6 Å². The second-order valence-electron chi connectivity index (χ2n) is 11.2. The highest BCUT2D eigenvalue weighted by Gasteiger charge is 2.76. The Balaban J connectivity index is 1.25. The smallest absolute Gasteiger partial charge is 0.313 e. The molecule has 2 bridgehead atoms. The Hall–Kier alpha value is -2.22. The van der Waals surface area contributed by atoms with Crippen LogP contribution in [0.5, 0.6) is 0 Å². The maximum absolute atomic E-state index is 13.7. The number of esters is 1. The maximum atomic E-state index is 13.7. The molecule has 2 amide bonds. The highest BCUT2D eigenvalue weighted by Crippen LogP contribution is 2.66. The van der Waals surface area contributed by atoms with Crippen LogP contribution in [0.2, 0.25) is 0 Å². The number of hydrogen-bond acceptors (Lipinski definition) is 6. The predicted molar refractivity (Wildman–Crippen MR) is 123 cm³/mol.